The molecule has 0 aliphatic carbocycles. The summed E-state index contributed by atoms with van der Waals surface area (Å²) in [5, 5.41) is 28.2. The maximum Gasteiger partial charge on any atom is 0.229 e. The molecule has 4 rings (SSSR count). The van der Waals surface area contributed by atoms with Crippen LogP contribution in [0.25, 0.3) is 0 Å². The first kappa shape index (κ1) is 26.1. The molecule has 1 fully saturated rings. The van der Waals surface area contributed by atoms with E-state index in [1.54, 1.807) is 50.4 Å². The lowest BCUT2D eigenvalue weighted by Crippen LogP contribution is -2.31. The summed E-state index contributed by atoms with van der Waals surface area (Å²) in [6.07, 6.45) is 2.61. The summed E-state index contributed by atoms with van der Waals surface area (Å²) < 4.78 is 0. The van der Waals surface area contributed by atoms with Crippen molar-refractivity contribution in [2.75, 3.05) is 48.5 Å². The van der Waals surface area contributed by atoms with E-state index in [1.807, 2.05) is 0 Å². The van der Waals surface area contributed by atoms with Gasteiger partial charge in [-0.05, 0) is 58.6 Å². The molecular weight excluding hydrogens is 501 g/mol. The summed E-state index contributed by atoms with van der Waals surface area (Å²) >= 11 is 12.4. The van der Waals surface area contributed by atoms with Gasteiger partial charge in [0.05, 0.1) is 32.7 Å². The van der Waals surface area contributed by atoms with Gasteiger partial charge in [-0.15, -0.1) is 0 Å². The molecule has 2 heterocycles. The molecule has 1 aliphatic rings. The van der Waals surface area contributed by atoms with E-state index < -0.39 is 5.60 Å². The van der Waals surface area contributed by atoms with Gasteiger partial charge in [0.25, 0.3) is 0 Å². The molecule has 192 valence electrons. The van der Waals surface area contributed by atoms with E-state index in [2.05, 4.69) is 44.5 Å². The number of hydrogen-bond donors (Lipinski definition) is 5. The van der Waals surface area contributed by atoms with Gasteiger partial charge in [-0.1, -0.05) is 23.2 Å². The number of likely N-dealkylation sites (N-methyl/N-ethyl adjacent to an activating group) is 1. The summed E-state index contributed by atoms with van der Waals surface area (Å²) in [7, 11) is 4.13. The number of nitrogens with two attached hydrogens (primary N) is 1. The Labute approximate surface area is 220 Å². The fourth-order valence-electron chi connectivity index (χ4n) is 4.25. The first-order chi connectivity index (χ1) is 16.9. The maximum absolute atomic E-state index is 10.7. The number of aromatic hydroxyl groups is 1. The molecule has 0 radical (unpaired) electrons. The third-order valence-electron chi connectivity index (χ3n) is 6.26. The van der Waals surface area contributed by atoms with Crippen molar-refractivity contribution in [2.45, 2.75) is 31.9 Å². The van der Waals surface area contributed by atoms with Crippen molar-refractivity contribution in [3.8, 4) is 5.75 Å². The van der Waals surface area contributed by atoms with E-state index >= 15 is 0 Å². The highest BCUT2D eigenvalue weighted by Crippen LogP contribution is 2.38. The van der Waals surface area contributed by atoms with E-state index in [-0.39, 0.29) is 11.7 Å². The fourth-order valence-corrected chi connectivity index (χ4v) is 4.58. The molecule has 0 saturated carbocycles. The lowest BCUT2D eigenvalue weighted by molar-refractivity contribution is 0.0794. The van der Waals surface area contributed by atoms with Gasteiger partial charge in [-0.3, -0.25) is 0 Å². The number of hydrogen-bond acceptors (Lipinski definition) is 9. The van der Waals surface area contributed by atoms with Crippen LogP contribution in [0.5, 0.6) is 5.75 Å². The lowest BCUT2D eigenvalue weighted by Gasteiger charge is -2.24. The highest BCUT2D eigenvalue weighted by atomic mass is 35.5. The molecule has 9 nitrogen and oxygen atoms in total. The number of nitrogen functional groups attached to an aromatic ring is 1. The van der Waals surface area contributed by atoms with Crippen molar-refractivity contribution in [1.82, 2.24) is 14.9 Å². The second-order valence-electron chi connectivity index (χ2n) is 9.67. The zero-order valence-electron chi connectivity index (χ0n) is 20.7. The molecule has 2 aromatic carbocycles. The number of rotatable bonds is 7. The van der Waals surface area contributed by atoms with Crippen LogP contribution in [0, 0.1) is 0 Å². The maximum atomic E-state index is 10.7. The van der Waals surface area contributed by atoms with Crippen LogP contribution in [-0.2, 0) is 5.60 Å². The molecular formula is C25H31Cl2N7O2. The lowest BCUT2D eigenvalue weighted by atomic mass is 9.96. The number of phenolic OH excluding ortho intramolecular Hbond substituents is 1. The van der Waals surface area contributed by atoms with Crippen molar-refractivity contribution in [3.63, 3.8) is 0 Å². The van der Waals surface area contributed by atoms with Crippen molar-refractivity contribution in [3.05, 3.63) is 52.1 Å². The van der Waals surface area contributed by atoms with Crippen LogP contribution < -0.4 is 21.3 Å². The van der Waals surface area contributed by atoms with Gasteiger partial charge < -0.3 is 36.4 Å². The van der Waals surface area contributed by atoms with E-state index in [0.717, 1.165) is 25.2 Å². The van der Waals surface area contributed by atoms with Crippen LogP contribution in [0.15, 0.2) is 36.5 Å². The van der Waals surface area contributed by atoms with Crippen molar-refractivity contribution >= 4 is 57.7 Å². The smallest absolute Gasteiger partial charge is 0.229 e. The Balaban J connectivity index is 1.55. The molecule has 1 saturated heterocycles. The van der Waals surface area contributed by atoms with Gasteiger partial charge in [0, 0.05) is 42.6 Å². The number of benzene rings is 2. The Kier molecular flexibility index (Phi) is 7.38. The highest BCUT2D eigenvalue weighted by molar-refractivity contribution is 6.42. The summed E-state index contributed by atoms with van der Waals surface area (Å²) in [5.74, 6) is 0.747. The number of aromatic nitrogens is 2. The van der Waals surface area contributed by atoms with Crippen LogP contribution in [-0.4, -0.2) is 58.3 Å². The van der Waals surface area contributed by atoms with Crippen LogP contribution >= 0.6 is 23.2 Å². The Hall–Kier alpha value is -2.98. The molecule has 11 heteroatoms. The number of nitrogens with one attached hydrogen (secondary N) is 2. The van der Waals surface area contributed by atoms with Crippen LogP contribution in [0.1, 0.15) is 25.8 Å². The Morgan fingerprint density at radius 2 is 1.83 bits per heavy atom. The first-order valence-electron chi connectivity index (χ1n) is 11.5. The molecule has 3 aromatic rings. The van der Waals surface area contributed by atoms with Gasteiger partial charge in [0.15, 0.2) is 0 Å². The van der Waals surface area contributed by atoms with Crippen molar-refractivity contribution in [2.24, 2.45) is 0 Å². The molecule has 1 atom stereocenters. The highest BCUT2D eigenvalue weighted by Gasteiger charge is 2.26. The molecule has 1 aromatic heterocycles. The van der Waals surface area contributed by atoms with Gasteiger partial charge >= 0.3 is 0 Å². The minimum Gasteiger partial charge on any atom is -0.506 e. The average molecular weight is 532 g/mol. The Morgan fingerprint density at radius 3 is 2.50 bits per heavy atom. The fraction of sp³-hybridized carbons (Fsp3) is 0.360. The van der Waals surface area contributed by atoms with E-state index in [0.29, 0.717) is 44.5 Å². The molecule has 36 heavy (non-hydrogen) atoms. The number of aliphatic hydroxyl groups is 1. The normalized spacial score (nSPS) is 16.0. The second-order valence-corrected chi connectivity index (χ2v) is 10.5. The molecule has 0 bridgehead atoms. The predicted octanol–water partition coefficient (Wildman–Crippen LogP) is 4.93. The standard InChI is InChI=1S/C25H31Cl2N7O2/c1-25(2,36)15-9-16(26)17(27)10-19(15)30-23-5-7-29-24(32-23)31-20-11-18(28)21(12-22(20)35)34-8-6-14(13-34)33(3)4/h5,7,9-12,14,35-36H,6,8,13,28H2,1-4H3,(H2,29,30,31,32)/t14-/m1/s1. The molecule has 0 unspecified atom stereocenters. The van der Waals surface area contributed by atoms with E-state index in [4.69, 9.17) is 28.9 Å². The number of halogens is 2. The van der Waals surface area contributed by atoms with Crippen molar-refractivity contribution in [1.29, 1.82) is 0 Å². The minimum absolute atomic E-state index is 0.0447. The molecule has 6 N–H and O–H groups in total. The summed E-state index contributed by atoms with van der Waals surface area (Å²) in [4.78, 5) is 13.1. The second kappa shape index (κ2) is 10.2. The zero-order valence-corrected chi connectivity index (χ0v) is 22.2. The molecule has 0 amide bonds. The number of phenols is 1. The predicted molar refractivity (Wildman–Crippen MR) is 147 cm³/mol. The SMILES string of the molecule is CN(C)[C@@H]1CCN(c2cc(O)c(Nc3nccc(Nc4cc(Cl)c(Cl)cc4C(C)(C)O)n3)cc2N)C1. The minimum atomic E-state index is -1.17. The van der Waals surface area contributed by atoms with E-state index in [1.165, 1.54) is 0 Å². The largest absolute Gasteiger partial charge is 0.506 e. The van der Waals surface area contributed by atoms with Crippen LogP contribution in [0.4, 0.5) is 34.5 Å². The van der Waals surface area contributed by atoms with Crippen molar-refractivity contribution < 1.29 is 10.2 Å². The summed E-state index contributed by atoms with van der Waals surface area (Å²) in [6, 6.07) is 8.73. The topological polar surface area (TPSA) is 123 Å². The van der Waals surface area contributed by atoms with Gasteiger partial charge in [0.2, 0.25) is 5.95 Å². The van der Waals surface area contributed by atoms with E-state index in [9.17, 15) is 10.2 Å². The quantitative estimate of drug-likeness (QED) is 0.164. The Bertz CT molecular complexity index is 1260. The van der Waals surface area contributed by atoms with Gasteiger partial charge in [-0.2, -0.15) is 4.98 Å². The zero-order chi connectivity index (χ0) is 26.2. The molecule has 0 spiro atoms. The summed E-state index contributed by atoms with van der Waals surface area (Å²) in [6.45, 7) is 5.04. The van der Waals surface area contributed by atoms with Crippen LogP contribution in [0.2, 0.25) is 10.0 Å². The third-order valence-corrected chi connectivity index (χ3v) is 6.99. The van der Waals surface area contributed by atoms with Crippen LogP contribution in [0.3, 0.4) is 0 Å². The summed E-state index contributed by atoms with van der Waals surface area (Å²) in [5.41, 5.74) is 8.05. The van der Waals surface area contributed by atoms with Gasteiger partial charge in [-0.25, -0.2) is 4.98 Å². The average Bonchev–Trinajstić information content (AvgIpc) is 3.28. The number of anilines is 6. The third kappa shape index (κ3) is 5.70. The van der Waals surface area contributed by atoms with Gasteiger partial charge in [0.1, 0.15) is 11.6 Å². The molecule has 1 aliphatic heterocycles. The monoisotopic (exact) mass is 531 g/mol. The number of nitrogens with zero attached hydrogens (tertiary/aromatic N) is 4. The first-order valence-corrected chi connectivity index (χ1v) is 12.3. The Morgan fingerprint density at radius 1 is 1.11 bits per heavy atom.